The highest BCUT2D eigenvalue weighted by atomic mass is 79.9. The number of methoxy groups -OCH3 is 1. The molecule has 1 aromatic heterocycles. The molecule has 2 rings (SSSR count). The van der Waals surface area contributed by atoms with Gasteiger partial charge in [-0.15, -0.1) is 0 Å². The van der Waals surface area contributed by atoms with Crippen molar-refractivity contribution in [3.8, 4) is 5.75 Å². The molecular weight excluding hydrogens is 322 g/mol. The van der Waals surface area contributed by atoms with E-state index in [4.69, 9.17) is 4.74 Å². The molecule has 0 aliphatic rings. The van der Waals surface area contributed by atoms with Gasteiger partial charge in [0.15, 0.2) is 0 Å². The molecule has 0 atom stereocenters. The minimum atomic E-state index is -0.305. The Balaban J connectivity index is 2.02. The predicted octanol–water partition coefficient (Wildman–Crippen LogP) is 2.62. The number of hydrazone groups is 1. The fourth-order valence-corrected chi connectivity index (χ4v) is 2.02. The molecule has 0 saturated carbocycles. The van der Waals surface area contributed by atoms with Crippen LogP contribution in [0.15, 0.2) is 52.2 Å². The van der Waals surface area contributed by atoms with E-state index in [0.717, 1.165) is 0 Å². The summed E-state index contributed by atoms with van der Waals surface area (Å²) in [7, 11) is 1.57. The molecule has 1 heterocycles. The largest absolute Gasteiger partial charge is 0.496 e. The second-order valence-electron chi connectivity index (χ2n) is 3.80. The van der Waals surface area contributed by atoms with Gasteiger partial charge in [-0.05, 0) is 46.3 Å². The molecule has 0 fully saturated rings. The summed E-state index contributed by atoms with van der Waals surface area (Å²) in [5.41, 5.74) is 3.59. The molecule has 0 bridgehead atoms. The maximum Gasteiger partial charge on any atom is 0.271 e. The molecular formula is C14H12BrN3O2. The highest BCUT2D eigenvalue weighted by molar-refractivity contribution is 9.10. The number of hydrogen-bond acceptors (Lipinski definition) is 4. The second kappa shape index (κ2) is 6.81. The fraction of sp³-hybridized carbons (Fsp3) is 0.0714. The number of nitrogens with one attached hydrogen (secondary N) is 1. The fourth-order valence-electron chi connectivity index (χ4n) is 1.48. The summed E-state index contributed by atoms with van der Waals surface area (Å²) in [5.74, 6) is 0.360. The molecule has 0 unspecified atom stereocenters. The Kier molecular flexibility index (Phi) is 4.84. The molecule has 20 heavy (non-hydrogen) atoms. The van der Waals surface area contributed by atoms with E-state index in [1.165, 1.54) is 6.21 Å². The number of rotatable bonds is 4. The van der Waals surface area contributed by atoms with Crippen molar-refractivity contribution in [3.63, 3.8) is 0 Å². The van der Waals surface area contributed by atoms with Gasteiger partial charge in [0.2, 0.25) is 0 Å². The number of halogens is 1. The molecule has 0 saturated heterocycles. The zero-order valence-electron chi connectivity index (χ0n) is 10.7. The van der Waals surface area contributed by atoms with E-state index in [1.54, 1.807) is 37.6 Å². The monoisotopic (exact) mass is 333 g/mol. The number of aromatic nitrogens is 1. The molecule has 0 aliphatic heterocycles. The van der Waals surface area contributed by atoms with Crippen LogP contribution in [-0.4, -0.2) is 24.2 Å². The van der Waals surface area contributed by atoms with E-state index in [2.05, 4.69) is 31.4 Å². The van der Waals surface area contributed by atoms with Gasteiger partial charge in [-0.1, -0.05) is 6.07 Å². The summed E-state index contributed by atoms with van der Waals surface area (Å²) in [6, 6.07) is 10.5. The summed E-state index contributed by atoms with van der Waals surface area (Å²) in [4.78, 5) is 15.9. The van der Waals surface area contributed by atoms with Crippen LogP contribution in [0.25, 0.3) is 0 Å². The highest BCUT2D eigenvalue weighted by Gasteiger charge is 2.07. The number of nitrogens with zero attached hydrogens (tertiary/aromatic N) is 2. The van der Waals surface area contributed by atoms with Crippen molar-refractivity contribution in [2.75, 3.05) is 7.11 Å². The average molecular weight is 334 g/mol. The van der Waals surface area contributed by atoms with Gasteiger partial charge in [0, 0.05) is 11.8 Å². The van der Waals surface area contributed by atoms with Crippen molar-refractivity contribution >= 4 is 28.1 Å². The van der Waals surface area contributed by atoms with Crippen LogP contribution >= 0.6 is 15.9 Å². The van der Waals surface area contributed by atoms with E-state index in [9.17, 15) is 4.79 Å². The van der Waals surface area contributed by atoms with Crippen LogP contribution in [0.4, 0.5) is 0 Å². The van der Waals surface area contributed by atoms with Crippen molar-refractivity contribution in [1.29, 1.82) is 0 Å². The van der Waals surface area contributed by atoms with Gasteiger partial charge >= 0.3 is 0 Å². The number of carbonyl (C=O) groups excluding carboxylic acids is 1. The summed E-state index contributed by atoms with van der Waals surface area (Å²) in [6.07, 6.45) is 3.14. The Labute approximate surface area is 124 Å². The van der Waals surface area contributed by atoms with E-state index < -0.39 is 0 Å². The smallest absolute Gasteiger partial charge is 0.271 e. The van der Waals surface area contributed by atoms with E-state index in [-0.39, 0.29) is 5.91 Å². The van der Waals surface area contributed by atoms with Crippen molar-refractivity contribution in [2.24, 2.45) is 5.10 Å². The van der Waals surface area contributed by atoms with Crippen LogP contribution in [0.2, 0.25) is 0 Å². The molecule has 0 radical (unpaired) electrons. The van der Waals surface area contributed by atoms with Gasteiger partial charge in [-0.2, -0.15) is 5.10 Å². The Morgan fingerprint density at radius 3 is 2.90 bits per heavy atom. The summed E-state index contributed by atoms with van der Waals surface area (Å²) >= 11 is 3.33. The number of carbonyl (C=O) groups is 1. The molecule has 1 amide bonds. The first-order valence-corrected chi connectivity index (χ1v) is 6.58. The normalized spacial score (nSPS) is 10.5. The molecule has 6 heteroatoms. The van der Waals surface area contributed by atoms with E-state index in [1.807, 2.05) is 12.1 Å². The topological polar surface area (TPSA) is 63.6 Å². The highest BCUT2D eigenvalue weighted by Crippen LogP contribution is 2.25. The van der Waals surface area contributed by atoms with Crippen LogP contribution in [-0.2, 0) is 0 Å². The minimum Gasteiger partial charge on any atom is -0.496 e. The minimum absolute atomic E-state index is 0.305. The molecule has 0 spiro atoms. The van der Waals surface area contributed by atoms with Gasteiger partial charge < -0.3 is 4.74 Å². The average Bonchev–Trinajstić information content (AvgIpc) is 2.48. The van der Waals surface area contributed by atoms with Gasteiger partial charge in [-0.25, -0.2) is 5.43 Å². The van der Waals surface area contributed by atoms with Crippen LogP contribution in [0.3, 0.4) is 0 Å². The first kappa shape index (κ1) is 14.2. The lowest BCUT2D eigenvalue weighted by Crippen LogP contribution is -2.17. The van der Waals surface area contributed by atoms with Crippen LogP contribution < -0.4 is 10.2 Å². The van der Waals surface area contributed by atoms with Crippen molar-refractivity contribution in [2.45, 2.75) is 0 Å². The van der Waals surface area contributed by atoms with Gasteiger partial charge in [0.05, 0.1) is 23.5 Å². The molecule has 1 N–H and O–H groups in total. The number of amides is 1. The van der Waals surface area contributed by atoms with Gasteiger partial charge in [0.25, 0.3) is 5.91 Å². The third-order valence-electron chi connectivity index (χ3n) is 2.46. The zero-order valence-corrected chi connectivity index (χ0v) is 12.3. The maximum absolute atomic E-state index is 11.9. The van der Waals surface area contributed by atoms with E-state index >= 15 is 0 Å². The number of hydrogen-bond donors (Lipinski definition) is 1. The van der Waals surface area contributed by atoms with Gasteiger partial charge in [-0.3, -0.25) is 9.78 Å². The molecule has 102 valence electrons. The summed E-state index contributed by atoms with van der Waals surface area (Å²) in [6.45, 7) is 0. The Morgan fingerprint density at radius 2 is 2.25 bits per heavy atom. The predicted molar refractivity (Wildman–Crippen MR) is 80.0 cm³/mol. The SMILES string of the molecule is COc1ccc(C(=O)N/N=C/c2ccccn2)cc1Br. The lowest BCUT2D eigenvalue weighted by molar-refractivity contribution is 0.0955. The second-order valence-corrected chi connectivity index (χ2v) is 4.66. The molecule has 1 aromatic carbocycles. The van der Waals surface area contributed by atoms with Crippen molar-refractivity contribution < 1.29 is 9.53 Å². The lowest BCUT2D eigenvalue weighted by Gasteiger charge is -2.05. The maximum atomic E-state index is 11.9. The van der Waals surface area contributed by atoms with Crippen LogP contribution in [0.5, 0.6) is 5.75 Å². The lowest BCUT2D eigenvalue weighted by atomic mass is 10.2. The van der Waals surface area contributed by atoms with Gasteiger partial charge in [0.1, 0.15) is 5.75 Å². The summed E-state index contributed by atoms with van der Waals surface area (Å²) < 4.78 is 5.81. The number of pyridine rings is 1. The van der Waals surface area contributed by atoms with Crippen molar-refractivity contribution in [1.82, 2.24) is 10.4 Å². The molecule has 2 aromatic rings. The number of benzene rings is 1. The standard InChI is InChI=1S/C14H12BrN3O2/c1-20-13-6-5-10(8-12(13)15)14(19)18-17-9-11-4-2-3-7-16-11/h2-9H,1H3,(H,18,19)/b17-9+. The van der Waals surface area contributed by atoms with Crippen LogP contribution in [0, 0.1) is 0 Å². The first-order valence-electron chi connectivity index (χ1n) is 5.78. The zero-order chi connectivity index (χ0) is 14.4. The first-order chi connectivity index (χ1) is 9.70. The number of ether oxygens (including phenoxy) is 1. The summed E-state index contributed by atoms with van der Waals surface area (Å²) in [5, 5.41) is 3.86. The quantitative estimate of drug-likeness (QED) is 0.691. The van der Waals surface area contributed by atoms with Crippen molar-refractivity contribution in [3.05, 3.63) is 58.3 Å². The van der Waals surface area contributed by atoms with Crippen LogP contribution in [0.1, 0.15) is 16.1 Å². The molecule has 0 aliphatic carbocycles. The molecule has 5 nitrogen and oxygen atoms in total. The van der Waals surface area contributed by atoms with E-state index in [0.29, 0.717) is 21.5 Å². The third kappa shape index (κ3) is 3.64. The Bertz CT molecular complexity index is 630. The Morgan fingerprint density at radius 1 is 1.40 bits per heavy atom. The Hall–Kier alpha value is -2.21. The third-order valence-corrected chi connectivity index (χ3v) is 3.08.